The number of aryl methyl sites for hydroxylation is 2. The predicted molar refractivity (Wildman–Crippen MR) is 157 cm³/mol. The van der Waals surface area contributed by atoms with Crippen LogP contribution in [0.25, 0.3) is 5.57 Å². The normalized spacial score (nSPS) is 14.3. The summed E-state index contributed by atoms with van der Waals surface area (Å²) in [4.78, 5) is 4.97. The van der Waals surface area contributed by atoms with E-state index in [2.05, 4.69) is 85.9 Å². The van der Waals surface area contributed by atoms with E-state index < -0.39 is 7.25 Å². The maximum Gasteiger partial charge on any atom is 0.598 e. The first-order valence-electron chi connectivity index (χ1n) is 13.0. The molecule has 1 aromatic heterocycles. The molecule has 1 aliphatic heterocycles. The van der Waals surface area contributed by atoms with Gasteiger partial charge in [-0.1, -0.05) is 91.0 Å². The Morgan fingerprint density at radius 1 is 0.737 bits per heavy atom. The molecule has 2 heterocycles. The van der Waals surface area contributed by atoms with E-state index in [1.807, 2.05) is 49.4 Å². The molecule has 0 spiro atoms. The Labute approximate surface area is 226 Å². The Hall–Kier alpha value is -3.93. The molecule has 4 nitrogen and oxygen atoms in total. The van der Waals surface area contributed by atoms with Crippen molar-refractivity contribution < 1.29 is 9.31 Å². The SMILES string of the molecule is CC1=CC(C)=N/C1=C(/c1ccccc1)c1c(C)cc(C)n1B(OCc1ccccc1)OCc1ccccc1. The molecule has 0 fully saturated rings. The molecule has 5 heteroatoms. The second-order valence-electron chi connectivity index (χ2n) is 9.76. The molecular weight excluding hydrogens is 467 g/mol. The molecule has 0 atom stereocenters. The average Bonchev–Trinajstić information content (AvgIpc) is 3.42. The zero-order valence-electron chi connectivity index (χ0n) is 22.5. The maximum absolute atomic E-state index is 6.54. The van der Waals surface area contributed by atoms with Gasteiger partial charge < -0.3 is 13.8 Å². The van der Waals surface area contributed by atoms with Crippen molar-refractivity contribution in [3.63, 3.8) is 0 Å². The van der Waals surface area contributed by atoms with Crippen molar-refractivity contribution in [2.45, 2.75) is 40.9 Å². The third kappa shape index (κ3) is 5.64. The molecule has 3 aromatic carbocycles. The Bertz CT molecular complexity index is 1440. The molecule has 0 saturated heterocycles. The molecule has 0 amide bonds. The Morgan fingerprint density at radius 3 is 1.76 bits per heavy atom. The summed E-state index contributed by atoms with van der Waals surface area (Å²) < 4.78 is 15.3. The van der Waals surface area contributed by atoms with Crippen LogP contribution in [0.1, 0.15) is 47.5 Å². The fourth-order valence-electron chi connectivity index (χ4n) is 5.01. The summed E-state index contributed by atoms with van der Waals surface area (Å²) in [5.41, 5.74) is 10.8. The number of aromatic nitrogens is 1. The van der Waals surface area contributed by atoms with Crippen LogP contribution in [0, 0.1) is 13.8 Å². The Kier molecular flexibility index (Phi) is 7.87. The van der Waals surface area contributed by atoms with Gasteiger partial charge in [0.1, 0.15) is 0 Å². The second kappa shape index (κ2) is 11.6. The summed E-state index contributed by atoms with van der Waals surface area (Å²) in [7, 11) is -0.630. The number of allylic oxidation sites excluding steroid dienone is 2. The average molecular weight is 500 g/mol. The largest absolute Gasteiger partial charge is 0.598 e. The first kappa shape index (κ1) is 25.7. The van der Waals surface area contributed by atoms with Gasteiger partial charge in [0.2, 0.25) is 0 Å². The van der Waals surface area contributed by atoms with Crippen LogP contribution in [0.4, 0.5) is 0 Å². The van der Waals surface area contributed by atoms with Crippen LogP contribution in [-0.2, 0) is 22.5 Å². The number of rotatable bonds is 9. The van der Waals surface area contributed by atoms with Gasteiger partial charge in [0, 0.05) is 22.7 Å². The maximum atomic E-state index is 6.54. The van der Waals surface area contributed by atoms with Gasteiger partial charge in [-0.3, -0.25) is 4.99 Å². The van der Waals surface area contributed by atoms with Crippen molar-refractivity contribution in [3.8, 4) is 0 Å². The first-order valence-corrected chi connectivity index (χ1v) is 13.0. The van der Waals surface area contributed by atoms with E-state index in [1.54, 1.807) is 0 Å². The minimum atomic E-state index is -0.630. The van der Waals surface area contributed by atoms with Gasteiger partial charge >= 0.3 is 7.25 Å². The number of benzene rings is 3. The zero-order valence-corrected chi connectivity index (χ0v) is 22.5. The van der Waals surface area contributed by atoms with Crippen LogP contribution in [-0.4, -0.2) is 17.4 Å². The highest BCUT2D eigenvalue weighted by Crippen LogP contribution is 2.37. The minimum Gasteiger partial charge on any atom is -0.387 e. The summed E-state index contributed by atoms with van der Waals surface area (Å²) in [6.45, 7) is 9.31. The molecule has 4 aromatic rings. The van der Waals surface area contributed by atoms with Gasteiger partial charge in [-0.15, -0.1) is 0 Å². The van der Waals surface area contributed by atoms with Gasteiger partial charge in [0.15, 0.2) is 0 Å². The quantitative estimate of drug-likeness (QED) is 0.223. The number of aliphatic imine (C=N–C) groups is 1. The lowest BCUT2D eigenvalue weighted by Gasteiger charge is -2.23. The van der Waals surface area contributed by atoms with E-state index in [1.165, 1.54) is 0 Å². The Morgan fingerprint density at radius 2 is 1.26 bits per heavy atom. The summed E-state index contributed by atoms with van der Waals surface area (Å²) in [5, 5.41) is 0. The third-order valence-electron chi connectivity index (χ3n) is 6.72. The van der Waals surface area contributed by atoms with Crippen LogP contribution in [0.3, 0.4) is 0 Å². The van der Waals surface area contributed by atoms with E-state index in [-0.39, 0.29) is 0 Å². The molecule has 0 unspecified atom stereocenters. The van der Waals surface area contributed by atoms with Crippen molar-refractivity contribution in [2.24, 2.45) is 4.99 Å². The molecule has 0 N–H and O–H groups in total. The summed E-state index contributed by atoms with van der Waals surface area (Å²) >= 11 is 0. The lowest BCUT2D eigenvalue weighted by molar-refractivity contribution is 0.173. The molecule has 190 valence electrons. The zero-order chi connectivity index (χ0) is 26.5. The molecule has 0 saturated carbocycles. The Balaban J connectivity index is 1.63. The van der Waals surface area contributed by atoms with Crippen molar-refractivity contribution in [2.75, 3.05) is 0 Å². The molecule has 38 heavy (non-hydrogen) atoms. The fraction of sp³-hybridized carbons (Fsp3) is 0.182. The van der Waals surface area contributed by atoms with Gasteiger partial charge in [-0.2, -0.15) is 0 Å². The summed E-state index contributed by atoms with van der Waals surface area (Å²) in [5.74, 6) is 0. The topological polar surface area (TPSA) is 35.8 Å². The van der Waals surface area contributed by atoms with Crippen LogP contribution in [0.5, 0.6) is 0 Å². The lowest BCUT2D eigenvalue weighted by atomic mass is 9.93. The van der Waals surface area contributed by atoms with E-state index in [0.29, 0.717) is 13.2 Å². The number of hydrogen-bond donors (Lipinski definition) is 0. The smallest absolute Gasteiger partial charge is 0.387 e. The van der Waals surface area contributed by atoms with E-state index >= 15 is 0 Å². The van der Waals surface area contributed by atoms with Crippen LogP contribution in [0.2, 0.25) is 0 Å². The van der Waals surface area contributed by atoms with E-state index in [0.717, 1.165) is 56.2 Å². The van der Waals surface area contributed by atoms with Crippen LogP contribution < -0.4 is 0 Å². The molecular formula is C33H33BN2O2. The molecule has 5 rings (SSSR count). The highest BCUT2D eigenvalue weighted by molar-refractivity contribution is 6.43. The van der Waals surface area contributed by atoms with E-state index in [9.17, 15) is 0 Å². The van der Waals surface area contributed by atoms with Gasteiger partial charge in [-0.25, -0.2) is 0 Å². The number of hydrogen-bond acceptors (Lipinski definition) is 3. The van der Waals surface area contributed by atoms with Crippen molar-refractivity contribution in [1.29, 1.82) is 0 Å². The van der Waals surface area contributed by atoms with E-state index in [4.69, 9.17) is 14.3 Å². The molecule has 1 aliphatic rings. The van der Waals surface area contributed by atoms with Crippen molar-refractivity contribution in [1.82, 2.24) is 4.48 Å². The monoisotopic (exact) mass is 500 g/mol. The van der Waals surface area contributed by atoms with Crippen molar-refractivity contribution >= 4 is 18.5 Å². The van der Waals surface area contributed by atoms with Gasteiger partial charge in [-0.05, 0) is 67.7 Å². The predicted octanol–water partition coefficient (Wildman–Crippen LogP) is 7.55. The fourth-order valence-corrected chi connectivity index (χ4v) is 5.01. The van der Waals surface area contributed by atoms with Crippen LogP contribution in [0.15, 0.2) is 119 Å². The third-order valence-corrected chi connectivity index (χ3v) is 6.72. The highest BCUT2D eigenvalue weighted by atomic mass is 16.6. The van der Waals surface area contributed by atoms with Crippen LogP contribution >= 0.6 is 0 Å². The second-order valence-corrected chi connectivity index (χ2v) is 9.76. The standard InChI is InChI=1S/C33H33BN2O2/c1-24-20-26(3)35-32(24)31(30-18-12-7-13-19-30)33-25(2)21-27(4)36(33)34(37-22-28-14-8-5-9-15-28)38-23-29-16-10-6-11-17-29/h5-21H,22-23H2,1-4H3/b32-31-. The van der Waals surface area contributed by atoms with Gasteiger partial charge in [0.05, 0.1) is 18.9 Å². The first-order chi connectivity index (χ1) is 18.5. The molecule has 0 bridgehead atoms. The molecule has 0 aliphatic carbocycles. The summed E-state index contributed by atoms with van der Waals surface area (Å²) in [6, 6.07) is 33.1. The van der Waals surface area contributed by atoms with Gasteiger partial charge in [0.25, 0.3) is 0 Å². The lowest BCUT2D eigenvalue weighted by Crippen LogP contribution is -2.34. The molecule has 0 radical (unpaired) electrons. The number of nitrogens with zero attached hydrogens (tertiary/aromatic N) is 2. The highest BCUT2D eigenvalue weighted by Gasteiger charge is 2.31. The van der Waals surface area contributed by atoms with Crippen molar-refractivity contribution in [3.05, 3.63) is 148 Å². The summed E-state index contributed by atoms with van der Waals surface area (Å²) in [6.07, 6.45) is 2.14. The minimum absolute atomic E-state index is 0.434.